The Morgan fingerprint density at radius 1 is 0.889 bits per heavy atom. The Kier molecular flexibility index (Phi) is 13.3. The van der Waals surface area contributed by atoms with Crippen molar-refractivity contribution in [2.24, 2.45) is 17.2 Å². The molecule has 1 aromatic rings. The van der Waals surface area contributed by atoms with Crippen LogP contribution in [-0.2, 0) is 30.4 Å². The number of rotatable bonds is 16. The zero-order valence-electron chi connectivity index (χ0n) is 19.7. The van der Waals surface area contributed by atoms with E-state index in [9.17, 15) is 34.2 Å². The summed E-state index contributed by atoms with van der Waals surface area (Å²) in [4.78, 5) is 60.9. The molecule has 0 aliphatic heterocycles. The van der Waals surface area contributed by atoms with E-state index in [1.54, 1.807) is 12.1 Å². The van der Waals surface area contributed by atoms with Gasteiger partial charge in [0, 0.05) is 12.2 Å². The van der Waals surface area contributed by atoms with Gasteiger partial charge in [-0.05, 0) is 43.5 Å². The Labute approximate surface area is 213 Å². The van der Waals surface area contributed by atoms with E-state index in [1.165, 1.54) is 12.1 Å². The molecule has 0 radical (unpaired) electrons. The van der Waals surface area contributed by atoms with Crippen LogP contribution in [-0.4, -0.2) is 76.3 Å². The summed E-state index contributed by atoms with van der Waals surface area (Å²) in [6, 6.07) is 0.980. The van der Waals surface area contributed by atoms with Crippen LogP contribution in [0.3, 0.4) is 0 Å². The number of phenols is 1. The molecular formula is C22H34N6O7S. The second-order valence-corrected chi connectivity index (χ2v) is 8.50. The first-order valence-electron chi connectivity index (χ1n) is 11.2. The van der Waals surface area contributed by atoms with Gasteiger partial charge in [-0.25, -0.2) is 4.79 Å². The van der Waals surface area contributed by atoms with E-state index in [2.05, 4.69) is 28.6 Å². The summed E-state index contributed by atoms with van der Waals surface area (Å²) in [6.45, 7) is 0.355. The van der Waals surface area contributed by atoms with Crippen molar-refractivity contribution in [2.75, 3.05) is 12.3 Å². The number of nitrogens with two attached hydrogens (primary N) is 3. The van der Waals surface area contributed by atoms with Gasteiger partial charge in [0.15, 0.2) is 0 Å². The molecule has 0 saturated carbocycles. The fourth-order valence-corrected chi connectivity index (χ4v) is 3.40. The van der Waals surface area contributed by atoms with E-state index < -0.39 is 60.2 Å². The smallest absolute Gasteiger partial charge is 0.327 e. The highest BCUT2D eigenvalue weighted by Gasteiger charge is 2.30. The largest absolute Gasteiger partial charge is 0.508 e. The molecule has 13 nitrogen and oxygen atoms in total. The lowest BCUT2D eigenvalue weighted by Gasteiger charge is -2.25. The van der Waals surface area contributed by atoms with E-state index in [0.29, 0.717) is 24.9 Å². The van der Waals surface area contributed by atoms with Crippen molar-refractivity contribution in [1.29, 1.82) is 0 Å². The highest BCUT2D eigenvalue weighted by Crippen LogP contribution is 2.12. The lowest BCUT2D eigenvalue weighted by atomic mass is 10.0. The van der Waals surface area contributed by atoms with Crippen LogP contribution < -0.4 is 33.2 Å². The van der Waals surface area contributed by atoms with Crippen LogP contribution in [0, 0.1) is 0 Å². The zero-order valence-corrected chi connectivity index (χ0v) is 20.6. The molecule has 200 valence electrons. The number of thiol groups is 1. The van der Waals surface area contributed by atoms with Gasteiger partial charge < -0.3 is 43.4 Å². The number of nitrogens with one attached hydrogen (secondary N) is 3. The summed E-state index contributed by atoms with van der Waals surface area (Å²) >= 11 is 3.92. The topological polar surface area (TPSA) is 240 Å². The number of hydrogen-bond acceptors (Lipinski definition) is 9. The Morgan fingerprint density at radius 3 is 1.97 bits per heavy atom. The maximum atomic E-state index is 13.2. The maximum Gasteiger partial charge on any atom is 0.327 e. The third-order valence-corrected chi connectivity index (χ3v) is 5.51. The number of carboxylic acid groups (broad SMARTS) is 1. The number of hydrogen-bond donors (Lipinski definition) is 9. The van der Waals surface area contributed by atoms with Crippen LogP contribution in [0.5, 0.6) is 5.75 Å². The first-order chi connectivity index (χ1) is 17.0. The molecule has 0 spiro atoms. The van der Waals surface area contributed by atoms with Crippen LogP contribution in [0.1, 0.15) is 31.2 Å². The van der Waals surface area contributed by atoms with Gasteiger partial charge in [0.2, 0.25) is 23.6 Å². The number of carboxylic acids is 1. The Hall–Kier alpha value is -3.36. The number of carbonyl (C=O) groups is 5. The molecular weight excluding hydrogens is 492 g/mol. The van der Waals surface area contributed by atoms with Crippen molar-refractivity contribution in [3.05, 3.63) is 29.8 Å². The predicted octanol–water partition coefficient (Wildman–Crippen LogP) is -2.26. The monoisotopic (exact) mass is 526 g/mol. The van der Waals surface area contributed by atoms with Crippen molar-refractivity contribution in [3.63, 3.8) is 0 Å². The fourth-order valence-electron chi connectivity index (χ4n) is 3.16. The number of aromatic hydroxyl groups is 1. The van der Waals surface area contributed by atoms with Crippen molar-refractivity contribution < 1.29 is 34.2 Å². The summed E-state index contributed by atoms with van der Waals surface area (Å²) < 4.78 is 0. The van der Waals surface area contributed by atoms with Crippen molar-refractivity contribution in [2.45, 2.75) is 56.3 Å². The second kappa shape index (κ2) is 15.6. The molecule has 0 heterocycles. The fraction of sp³-hybridized carbons (Fsp3) is 0.500. The average Bonchev–Trinajstić information content (AvgIpc) is 2.81. The summed E-state index contributed by atoms with van der Waals surface area (Å²) in [5.41, 5.74) is 16.9. The minimum Gasteiger partial charge on any atom is -0.508 e. The first-order valence-corrected chi connectivity index (χ1v) is 11.9. The quantitative estimate of drug-likeness (QED) is 0.0832. The Bertz CT molecular complexity index is 915. The van der Waals surface area contributed by atoms with E-state index in [0.717, 1.165) is 0 Å². The van der Waals surface area contributed by atoms with E-state index in [-0.39, 0.29) is 24.3 Å². The number of benzene rings is 1. The number of aliphatic carboxylic acids is 1. The SMILES string of the molecule is NCCCCC(NC(=O)C(Cc1ccc(O)cc1)NC(=O)C(N)CC(N)=O)C(=O)NC(CS)C(=O)O. The molecule has 11 N–H and O–H groups in total. The van der Waals surface area contributed by atoms with Crippen LogP contribution in [0.2, 0.25) is 0 Å². The van der Waals surface area contributed by atoms with Gasteiger partial charge in [-0.3, -0.25) is 19.2 Å². The van der Waals surface area contributed by atoms with Gasteiger partial charge in [-0.1, -0.05) is 12.1 Å². The Balaban J connectivity index is 3.11. The molecule has 0 aliphatic rings. The molecule has 36 heavy (non-hydrogen) atoms. The molecule has 0 bridgehead atoms. The van der Waals surface area contributed by atoms with E-state index >= 15 is 0 Å². The number of carbonyl (C=O) groups excluding carboxylic acids is 4. The first kappa shape index (κ1) is 30.7. The third-order valence-electron chi connectivity index (χ3n) is 5.14. The maximum absolute atomic E-state index is 13.2. The second-order valence-electron chi connectivity index (χ2n) is 8.14. The summed E-state index contributed by atoms with van der Waals surface area (Å²) in [7, 11) is 0. The highest BCUT2D eigenvalue weighted by molar-refractivity contribution is 7.80. The average molecular weight is 527 g/mol. The molecule has 0 saturated heterocycles. The number of amides is 4. The summed E-state index contributed by atoms with van der Waals surface area (Å²) in [6.07, 6.45) is 0.710. The van der Waals surface area contributed by atoms with Gasteiger partial charge in [0.1, 0.15) is 23.9 Å². The van der Waals surface area contributed by atoms with Gasteiger partial charge in [-0.15, -0.1) is 0 Å². The van der Waals surface area contributed by atoms with Gasteiger partial charge in [-0.2, -0.15) is 12.6 Å². The molecule has 4 amide bonds. The van der Waals surface area contributed by atoms with Gasteiger partial charge >= 0.3 is 5.97 Å². The normalized spacial score (nSPS) is 14.1. The van der Waals surface area contributed by atoms with Crippen molar-refractivity contribution in [1.82, 2.24) is 16.0 Å². The number of primary amides is 1. The van der Waals surface area contributed by atoms with Crippen LogP contribution in [0.25, 0.3) is 0 Å². The standard InChI is InChI=1S/C22H34N6O7S/c23-8-2-1-3-15(20(32)28-17(11-36)22(34)35)26-21(33)16(9-12-4-6-13(29)7-5-12)27-19(31)14(24)10-18(25)30/h4-7,14-17,29,36H,1-3,8-11,23-24H2,(H2,25,30)(H,26,33)(H,27,31)(H,28,32)(H,34,35). The Morgan fingerprint density at radius 2 is 1.44 bits per heavy atom. The van der Waals surface area contributed by atoms with Crippen LogP contribution in [0.15, 0.2) is 24.3 Å². The highest BCUT2D eigenvalue weighted by atomic mass is 32.1. The molecule has 14 heteroatoms. The molecule has 4 unspecified atom stereocenters. The minimum absolute atomic E-state index is 0.00100. The molecule has 0 fully saturated rings. The molecule has 4 atom stereocenters. The predicted molar refractivity (Wildman–Crippen MR) is 134 cm³/mol. The molecule has 1 rings (SSSR count). The number of phenolic OH excluding ortho intramolecular Hbond substituents is 1. The van der Waals surface area contributed by atoms with Crippen molar-refractivity contribution in [3.8, 4) is 5.75 Å². The van der Waals surface area contributed by atoms with Crippen LogP contribution in [0.4, 0.5) is 0 Å². The minimum atomic E-state index is -1.30. The van der Waals surface area contributed by atoms with E-state index in [4.69, 9.17) is 17.2 Å². The molecule has 0 aromatic heterocycles. The summed E-state index contributed by atoms with van der Waals surface area (Å²) in [5.74, 6) is -4.53. The van der Waals surface area contributed by atoms with Crippen molar-refractivity contribution >= 4 is 42.2 Å². The molecule has 1 aromatic carbocycles. The third kappa shape index (κ3) is 10.9. The lowest BCUT2D eigenvalue weighted by Crippen LogP contribution is -2.58. The number of unbranched alkanes of at least 4 members (excludes halogenated alkanes) is 1. The zero-order chi connectivity index (χ0) is 27.3. The van der Waals surface area contributed by atoms with Gasteiger partial charge in [0.25, 0.3) is 0 Å². The summed E-state index contributed by atoms with van der Waals surface area (Å²) in [5, 5.41) is 26.1. The van der Waals surface area contributed by atoms with E-state index in [1.807, 2.05) is 0 Å². The van der Waals surface area contributed by atoms with Gasteiger partial charge in [0.05, 0.1) is 12.5 Å². The lowest BCUT2D eigenvalue weighted by molar-refractivity contribution is -0.141. The van der Waals surface area contributed by atoms with Crippen LogP contribution >= 0.6 is 12.6 Å². The molecule has 0 aliphatic carbocycles.